The molecule has 2 aliphatic heterocycles. The van der Waals surface area contributed by atoms with Crippen molar-refractivity contribution in [2.45, 2.75) is 22.6 Å². The predicted molar refractivity (Wildman–Crippen MR) is 151 cm³/mol. The van der Waals surface area contributed by atoms with Gasteiger partial charge in [0.05, 0.1) is 23.7 Å². The highest BCUT2D eigenvalue weighted by atomic mass is 32.2. The third kappa shape index (κ3) is 4.32. The van der Waals surface area contributed by atoms with Gasteiger partial charge in [0.1, 0.15) is 9.79 Å². The number of amides is 4. The molecule has 1 saturated carbocycles. The summed E-state index contributed by atoms with van der Waals surface area (Å²) >= 11 is 0. The van der Waals surface area contributed by atoms with E-state index in [1.165, 1.54) is 24.3 Å². The van der Waals surface area contributed by atoms with Crippen LogP contribution in [0.3, 0.4) is 0 Å². The lowest BCUT2D eigenvalue weighted by atomic mass is 9.70. The van der Waals surface area contributed by atoms with Gasteiger partial charge < -0.3 is 0 Å². The van der Waals surface area contributed by atoms with Gasteiger partial charge in [-0.1, -0.05) is 72.8 Å². The second kappa shape index (κ2) is 10.0. The van der Waals surface area contributed by atoms with E-state index in [0.29, 0.717) is 21.5 Å². The van der Waals surface area contributed by atoms with Crippen molar-refractivity contribution in [2.75, 3.05) is 0 Å². The van der Waals surface area contributed by atoms with Crippen LogP contribution in [0, 0.1) is 23.7 Å². The number of benzene rings is 4. The summed E-state index contributed by atoms with van der Waals surface area (Å²) < 4.78 is 63.0. The van der Waals surface area contributed by atoms with Crippen molar-refractivity contribution >= 4 is 65.4 Å². The summed E-state index contributed by atoms with van der Waals surface area (Å²) in [6, 6.07) is 22.2. The Balaban J connectivity index is 1.12. The molecule has 2 saturated heterocycles. The molecule has 4 aromatic carbocycles. The van der Waals surface area contributed by atoms with Crippen LogP contribution in [0.4, 0.5) is 0 Å². The number of hydrogen-bond acceptors (Lipinski definition) is 10. The first kappa shape index (κ1) is 28.3. The molecule has 2 heterocycles. The van der Waals surface area contributed by atoms with E-state index in [2.05, 4.69) is 0 Å². The fourth-order valence-corrected chi connectivity index (χ4v) is 8.61. The van der Waals surface area contributed by atoms with Crippen LogP contribution >= 0.6 is 0 Å². The molecule has 3 fully saturated rings. The predicted octanol–water partition coefficient (Wildman–Crippen LogP) is 2.93. The van der Waals surface area contributed by atoms with E-state index in [1.807, 2.05) is 0 Å². The Bertz CT molecular complexity index is 1940. The summed E-state index contributed by atoms with van der Waals surface area (Å²) in [5.41, 5.74) is 0. The van der Waals surface area contributed by atoms with E-state index >= 15 is 0 Å². The molecular weight excluding hydrogens is 612 g/mol. The summed E-state index contributed by atoms with van der Waals surface area (Å²) in [7, 11) is -9.27. The van der Waals surface area contributed by atoms with Crippen LogP contribution in [0.25, 0.3) is 21.5 Å². The average molecular weight is 635 g/mol. The Morgan fingerprint density at radius 2 is 0.795 bits per heavy atom. The molecule has 7 rings (SSSR count). The van der Waals surface area contributed by atoms with Crippen molar-refractivity contribution in [1.82, 2.24) is 10.1 Å². The Labute approximate surface area is 250 Å². The van der Waals surface area contributed by atoms with Crippen LogP contribution in [0.1, 0.15) is 12.8 Å². The second-order valence-electron chi connectivity index (χ2n) is 10.9. The maximum atomic E-state index is 13.3. The molecule has 4 unspecified atom stereocenters. The van der Waals surface area contributed by atoms with Gasteiger partial charge in [-0.3, -0.25) is 19.2 Å². The summed E-state index contributed by atoms with van der Waals surface area (Å²) in [6.07, 6.45) is -0.598. The summed E-state index contributed by atoms with van der Waals surface area (Å²) in [6.45, 7) is 0. The fourth-order valence-electron chi connectivity index (χ4n) is 6.37. The lowest BCUT2D eigenvalue weighted by Gasteiger charge is -2.27. The molecule has 3 aliphatic rings. The highest BCUT2D eigenvalue weighted by Gasteiger charge is 2.62. The number of rotatable bonds is 6. The zero-order chi connectivity index (χ0) is 31.0. The average Bonchev–Trinajstić information content (AvgIpc) is 3.38. The molecule has 1 aliphatic carbocycles. The van der Waals surface area contributed by atoms with Gasteiger partial charge in [-0.15, -0.1) is 18.7 Å². The monoisotopic (exact) mass is 634 g/mol. The van der Waals surface area contributed by atoms with Gasteiger partial charge in [-0.05, 0) is 35.7 Å². The molecule has 0 radical (unpaired) electrons. The Kier molecular flexibility index (Phi) is 6.44. The van der Waals surface area contributed by atoms with Gasteiger partial charge in [0.2, 0.25) is 0 Å². The number of hydrogen-bond donors (Lipinski definition) is 0. The number of hydroxylamine groups is 4. The largest absolute Gasteiger partial charge is 0.318 e. The quantitative estimate of drug-likeness (QED) is 0.288. The van der Waals surface area contributed by atoms with Crippen molar-refractivity contribution in [1.29, 1.82) is 0 Å². The number of nitrogens with zero attached hydrogens (tertiary/aromatic N) is 2. The van der Waals surface area contributed by atoms with Crippen LogP contribution < -0.4 is 0 Å². The van der Waals surface area contributed by atoms with Crippen LogP contribution in [0.15, 0.2) is 94.7 Å². The van der Waals surface area contributed by atoms with Crippen molar-refractivity contribution in [3.8, 4) is 0 Å². The minimum Gasteiger partial charge on any atom is -0.272 e. The number of carbonyl (C=O) groups excluding carboxylic acids is 4. The molecule has 0 spiro atoms. The Hall–Kier alpha value is -4.50. The van der Waals surface area contributed by atoms with Crippen molar-refractivity contribution in [2.24, 2.45) is 23.7 Å². The van der Waals surface area contributed by atoms with Gasteiger partial charge in [-0.2, -0.15) is 16.8 Å². The first-order valence-electron chi connectivity index (χ1n) is 13.6. The molecule has 4 atom stereocenters. The standard InChI is InChI=1S/C30H22N2O10S2/c33-27-21-15-23-24(30(36)32(29(23)35)42-44(39,40)26-14-6-10-18-8-2-4-12-20(18)26)16-22(21)28(34)31(27)41-43(37,38)25-13-5-9-17-7-1-3-11-19(17)25/h1-14,21-24H,15-16H2. The zero-order valence-corrected chi connectivity index (χ0v) is 24.2. The normalized spacial score (nSPS) is 23.9. The molecule has 12 nitrogen and oxygen atoms in total. The van der Waals surface area contributed by atoms with Crippen LogP contribution in [0.5, 0.6) is 0 Å². The van der Waals surface area contributed by atoms with E-state index in [0.717, 1.165) is 0 Å². The van der Waals surface area contributed by atoms with E-state index in [9.17, 15) is 36.0 Å². The van der Waals surface area contributed by atoms with Crippen LogP contribution in [-0.4, -0.2) is 50.6 Å². The van der Waals surface area contributed by atoms with E-state index < -0.39 is 67.5 Å². The molecule has 44 heavy (non-hydrogen) atoms. The maximum Gasteiger partial charge on any atom is 0.318 e. The van der Waals surface area contributed by atoms with E-state index in [1.54, 1.807) is 60.7 Å². The van der Waals surface area contributed by atoms with Gasteiger partial charge >= 0.3 is 20.2 Å². The Morgan fingerprint density at radius 3 is 1.16 bits per heavy atom. The SMILES string of the molecule is O=C1C2CC3C(=O)N(OS(=O)(=O)c4cccc5ccccc45)C(=O)C3CC2C(=O)N1OS(=O)(=O)c1cccc2ccccc12. The molecular formula is C30H22N2O10S2. The van der Waals surface area contributed by atoms with Crippen LogP contribution in [-0.2, 0) is 48.0 Å². The topological polar surface area (TPSA) is 161 Å². The lowest BCUT2D eigenvalue weighted by Crippen LogP contribution is -2.35. The zero-order valence-electron chi connectivity index (χ0n) is 22.6. The van der Waals surface area contributed by atoms with Gasteiger partial charge in [0.15, 0.2) is 0 Å². The molecule has 0 bridgehead atoms. The highest BCUT2D eigenvalue weighted by Crippen LogP contribution is 2.48. The number of carbonyl (C=O) groups is 4. The van der Waals surface area contributed by atoms with Crippen molar-refractivity contribution < 1.29 is 44.6 Å². The summed E-state index contributed by atoms with van der Waals surface area (Å²) in [5.74, 6) is -8.49. The third-order valence-electron chi connectivity index (χ3n) is 8.44. The van der Waals surface area contributed by atoms with Crippen LogP contribution in [0.2, 0.25) is 0 Å². The minimum absolute atomic E-state index is 0.196. The fraction of sp³-hybridized carbons (Fsp3) is 0.200. The van der Waals surface area contributed by atoms with Crippen molar-refractivity contribution in [3.63, 3.8) is 0 Å². The first-order valence-corrected chi connectivity index (χ1v) is 16.4. The molecule has 0 N–H and O–H groups in total. The molecule has 4 amide bonds. The minimum atomic E-state index is -4.63. The lowest BCUT2D eigenvalue weighted by molar-refractivity contribution is -0.166. The summed E-state index contributed by atoms with van der Waals surface area (Å²) in [5, 5.41) is 2.25. The van der Waals surface area contributed by atoms with Gasteiger partial charge in [-0.25, -0.2) is 0 Å². The van der Waals surface area contributed by atoms with Gasteiger partial charge in [0.25, 0.3) is 23.6 Å². The number of fused-ring (bicyclic) bond motifs is 4. The van der Waals surface area contributed by atoms with E-state index in [-0.39, 0.29) is 32.8 Å². The smallest absolute Gasteiger partial charge is 0.272 e. The Morgan fingerprint density at radius 1 is 0.477 bits per heavy atom. The molecule has 14 heteroatoms. The maximum absolute atomic E-state index is 13.3. The first-order chi connectivity index (χ1) is 21.0. The molecule has 224 valence electrons. The molecule has 4 aromatic rings. The number of imide groups is 2. The van der Waals surface area contributed by atoms with Gasteiger partial charge in [0, 0.05) is 10.8 Å². The highest BCUT2D eigenvalue weighted by molar-refractivity contribution is 7.87. The second-order valence-corrected chi connectivity index (χ2v) is 13.8. The molecule has 0 aromatic heterocycles. The van der Waals surface area contributed by atoms with E-state index in [4.69, 9.17) is 8.57 Å². The third-order valence-corrected chi connectivity index (χ3v) is 10.9. The summed E-state index contributed by atoms with van der Waals surface area (Å²) in [4.78, 5) is 52.7. The van der Waals surface area contributed by atoms with Crippen molar-refractivity contribution in [3.05, 3.63) is 84.9 Å².